The Balaban J connectivity index is 2.00. The number of rotatable bonds is 8. The van der Waals surface area contributed by atoms with Gasteiger partial charge >= 0.3 is 0 Å². The molecule has 1 aromatic rings. The summed E-state index contributed by atoms with van der Waals surface area (Å²) in [6, 6.07) is 6.48. The number of ether oxygens (including phenoxy) is 2. The first kappa shape index (κ1) is 14.4. The highest BCUT2D eigenvalue weighted by atomic mass is 16.5. The van der Waals surface area contributed by atoms with Crippen LogP contribution in [0.3, 0.4) is 0 Å². The maximum atomic E-state index is 5.86. The molecule has 1 fully saturated rings. The van der Waals surface area contributed by atoms with Crippen molar-refractivity contribution in [1.29, 1.82) is 0 Å². The zero-order valence-corrected chi connectivity index (χ0v) is 12.0. The van der Waals surface area contributed by atoms with Gasteiger partial charge in [0.05, 0.1) is 13.2 Å². The van der Waals surface area contributed by atoms with Crippen molar-refractivity contribution in [2.75, 3.05) is 13.2 Å². The van der Waals surface area contributed by atoms with Crippen LogP contribution in [0, 0.1) is 5.92 Å². The predicted molar refractivity (Wildman–Crippen MR) is 77.3 cm³/mol. The van der Waals surface area contributed by atoms with Gasteiger partial charge in [-0.05, 0) is 56.7 Å². The van der Waals surface area contributed by atoms with Gasteiger partial charge in [-0.3, -0.25) is 0 Å². The van der Waals surface area contributed by atoms with Gasteiger partial charge in [0.25, 0.3) is 0 Å². The summed E-state index contributed by atoms with van der Waals surface area (Å²) in [6.07, 6.45) is 3.54. The van der Waals surface area contributed by atoms with Gasteiger partial charge in [0.1, 0.15) is 5.75 Å². The first-order valence-electron chi connectivity index (χ1n) is 7.27. The zero-order valence-electron chi connectivity index (χ0n) is 12.0. The Morgan fingerprint density at radius 1 is 1.37 bits per heavy atom. The van der Waals surface area contributed by atoms with Crippen molar-refractivity contribution < 1.29 is 9.47 Å². The van der Waals surface area contributed by atoms with Gasteiger partial charge in [0, 0.05) is 18.2 Å². The second-order valence-electron chi connectivity index (χ2n) is 5.51. The van der Waals surface area contributed by atoms with E-state index in [-0.39, 0.29) is 6.04 Å². The molecule has 1 aromatic carbocycles. The maximum absolute atomic E-state index is 5.86. The molecule has 0 aromatic heterocycles. The number of hydrogen-bond donors (Lipinski definition) is 1. The van der Waals surface area contributed by atoms with Gasteiger partial charge in [-0.2, -0.15) is 0 Å². The molecule has 0 amide bonds. The summed E-state index contributed by atoms with van der Waals surface area (Å²) in [4.78, 5) is 0. The van der Waals surface area contributed by atoms with Crippen molar-refractivity contribution >= 4 is 0 Å². The molecule has 0 spiro atoms. The predicted octanol–water partition coefficient (Wildman–Crippen LogP) is 2.90. The SMILES string of the molecule is CCOc1ccc(CC(C)N)cc1COCC1CC1. The van der Waals surface area contributed by atoms with Gasteiger partial charge in [-0.1, -0.05) is 6.07 Å². The van der Waals surface area contributed by atoms with E-state index in [1.165, 1.54) is 18.4 Å². The van der Waals surface area contributed by atoms with Crippen LogP contribution in [0.2, 0.25) is 0 Å². The van der Waals surface area contributed by atoms with Gasteiger partial charge in [0.2, 0.25) is 0 Å². The lowest BCUT2D eigenvalue weighted by molar-refractivity contribution is 0.109. The minimum Gasteiger partial charge on any atom is -0.494 e. The summed E-state index contributed by atoms with van der Waals surface area (Å²) in [6.45, 7) is 6.23. The van der Waals surface area contributed by atoms with Crippen LogP contribution in [-0.4, -0.2) is 19.3 Å². The molecule has 106 valence electrons. The Bertz CT molecular complexity index is 400. The Hall–Kier alpha value is -1.06. The lowest BCUT2D eigenvalue weighted by Crippen LogP contribution is -2.17. The fourth-order valence-corrected chi connectivity index (χ4v) is 2.16. The molecule has 1 unspecified atom stereocenters. The molecule has 0 heterocycles. The van der Waals surface area contributed by atoms with Gasteiger partial charge < -0.3 is 15.2 Å². The highest BCUT2D eigenvalue weighted by molar-refractivity contribution is 5.37. The van der Waals surface area contributed by atoms with E-state index in [0.29, 0.717) is 13.2 Å². The smallest absolute Gasteiger partial charge is 0.124 e. The summed E-state index contributed by atoms with van der Waals surface area (Å²) in [5.74, 6) is 1.73. The molecule has 1 saturated carbocycles. The van der Waals surface area contributed by atoms with Gasteiger partial charge in [0.15, 0.2) is 0 Å². The van der Waals surface area contributed by atoms with E-state index in [0.717, 1.165) is 30.3 Å². The number of hydrogen-bond acceptors (Lipinski definition) is 3. The Morgan fingerprint density at radius 2 is 2.16 bits per heavy atom. The van der Waals surface area contributed by atoms with Crippen LogP contribution in [-0.2, 0) is 17.8 Å². The van der Waals surface area contributed by atoms with Crippen molar-refractivity contribution in [3.63, 3.8) is 0 Å². The fraction of sp³-hybridized carbons (Fsp3) is 0.625. The molecular weight excluding hydrogens is 238 g/mol. The molecule has 1 atom stereocenters. The second-order valence-corrected chi connectivity index (χ2v) is 5.51. The van der Waals surface area contributed by atoms with Crippen LogP contribution in [0.5, 0.6) is 5.75 Å². The van der Waals surface area contributed by atoms with Crippen LogP contribution in [0.1, 0.15) is 37.8 Å². The summed E-state index contributed by atoms with van der Waals surface area (Å²) in [5, 5.41) is 0. The van der Waals surface area contributed by atoms with E-state index in [1.807, 2.05) is 19.9 Å². The van der Waals surface area contributed by atoms with Crippen LogP contribution in [0.4, 0.5) is 0 Å². The zero-order chi connectivity index (χ0) is 13.7. The molecular formula is C16H25NO2. The lowest BCUT2D eigenvalue weighted by Gasteiger charge is -2.13. The molecule has 3 nitrogen and oxygen atoms in total. The highest BCUT2D eigenvalue weighted by Crippen LogP contribution is 2.30. The highest BCUT2D eigenvalue weighted by Gasteiger charge is 2.21. The molecule has 1 aliphatic rings. The molecule has 2 N–H and O–H groups in total. The molecule has 2 rings (SSSR count). The normalized spacial score (nSPS) is 16.4. The minimum atomic E-state index is 0.179. The molecule has 0 radical (unpaired) electrons. The van der Waals surface area contributed by atoms with Crippen LogP contribution in [0.15, 0.2) is 18.2 Å². The largest absolute Gasteiger partial charge is 0.494 e. The first-order valence-corrected chi connectivity index (χ1v) is 7.27. The number of benzene rings is 1. The molecule has 0 aliphatic heterocycles. The van der Waals surface area contributed by atoms with E-state index in [9.17, 15) is 0 Å². The summed E-state index contributed by atoms with van der Waals surface area (Å²) < 4.78 is 11.4. The third-order valence-electron chi connectivity index (χ3n) is 3.29. The van der Waals surface area contributed by atoms with Crippen LogP contribution < -0.4 is 10.5 Å². The van der Waals surface area contributed by atoms with E-state index in [4.69, 9.17) is 15.2 Å². The Labute approximate surface area is 116 Å². The molecule has 0 bridgehead atoms. The van der Waals surface area contributed by atoms with Crippen molar-refractivity contribution in [3.8, 4) is 5.75 Å². The fourth-order valence-electron chi connectivity index (χ4n) is 2.16. The topological polar surface area (TPSA) is 44.5 Å². The van der Waals surface area contributed by atoms with E-state index >= 15 is 0 Å². The first-order chi connectivity index (χ1) is 9.19. The second kappa shape index (κ2) is 6.92. The quantitative estimate of drug-likeness (QED) is 0.784. The number of nitrogens with two attached hydrogens (primary N) is 1. The van der Waals surface area contributed by atoms with E-state index in [2.05, 4.69) is 12.1 Å². The summed E-state index contributed by atoms with van der Waals surface area (Å²) in [7, 11) is 0. The van der Waals surface area contributed by atoms with Gasteiger partial charge in [-0.25, -0.2) is 0 Å². The van der Waals surface area contributed by atoms with Crippen LogP contribution in [0.25, 0.3) is 0 Å². The van der Waals surface area contributed by atoms with Crippen molar-refractivity contribution in [1.82, 2.24) is 0 Å². The third-order valence-corrected chi connectivity index (χ3v) is 3.29. The molecule has 1 aliphatic carbocycles. The molecule has 19 heavy (non-hydrogen) atoms. The molecule has 0 saturated heterocycles. The Morgan fingerprint density at radius 3 is 2.79 bits per heavy atom. The van der Waals surface area contributed by atoms with E-state index < -0.39 is 0 Å². The minimum absolute atomic E-state index is 0.179. The summed E-state index contributed by atoms with van der Waals surface area (Å²) in [5.41, 5.74) is 8.25. The average molecular weight is 263 g/mol. The van der Waals surface area contributed by atoms with Crippen molar-refractivity contribution in [2.24, 2.45) is 11.7 Å². The monoisotopic (exact) mass is 263 g/mol. The maximum Gasteiger partial charge on any atom is 0.124 e. The standard InChI is InChI=1S/C16H25NO2/c1-3-19-16-7-6-14(8-12(2)17)9-15(16)11-18-10-13-4-5-13/h6-7,9,12-13H,3-5,8,10-11,17H2,1-2H3. The summed E-state index contributed by atoms with van der Waals surface area (Å²) >= 11 is 0. The van der Waals surface area contributed by atoms with Gasteiger partial charge in [-0.15, -0.1) is 0 Å². The van der Waals surface area contributed by atoms with Crippen molar-refractivity contribution in [2.45, 2.75) is 45.8 Å². The van der Waals surface area contributed by atoms with Crippen LogP contribution >= 0.6 is 0 Å². The Kier molecular flexibility index (Phi) is 5.23. The molecule has 3 heteroatoms. The van der Waals surface area contributed by atoms with E-state index in [1.54, 1.807) is 0 Å². The lowest BCUT2D eigenvalue weighted by atomic mass is 10.0. The third kappa shape index (κ3) is 4.84. The average Bonchev–Trinajstić information content (AvgIpc) is 3.16. The van der Waals surface area contributed by atoms with Crippen molar-refractivity contribution in [3.05, 3.63) is 29.3 Å².